The van der Waals surface area contributed by atoms with E-state index in [1.807, 2.05) is 12.1 Å². The number of hydrogen-bond acceptors (Lipinski definition) is 8. The summed E-state index contributed by atoms with van der Waals surface area (Å²) in [6.07, 6.45) is 4.93. The summed E-state index contributed by atoms with van der Waals surface area (Å²) >= 11 is 1.30. The lowest BCUT2D eigenvalue weighted by atomic mass is 10.1. The molecule has 1 aliphatic heterocycles. The van der Waals surface area contributed by atoms with Gasteiger partial charge in [0, 0.05) is 44.3 Å². The minimum Gasteiger partial charge on any atom is -0.426 e. The van der Waals surface area contributed by atoms with Crippen LogP contribution in [0.3, 0.4) is 0 Å². The molecule has 1 amide bonds. The van der Waals surface area contributed by atoms with Gasteiger partial charge in [0.1, 0.15) is 5.82 Å². The average molecular weight is 509 g/mol. The van der Waals surface area contributed by atoms with Crippen LogP contribution in [0.1, 0.15) is 27.2 Å². The summed E-state index contributed by atoms with van der Waals surface area (Å²) in [5.74, 6) is -0.251. The molecule has 4 aromatic rings. The zero-order valence-corrected chi connectivity index (χ0v) is 20.5. The molecule has 0 atom stereocenters. The van der Waals surface area contributed by atoms with Gasteiger partial charge in [-0.25, -0.2) is 14.1 Å². The third-order valence-corrected chi connectivity index (χ3v) is 6.74. The van der Waals surface area contributed by atoms with E-state index in [-0.39, 0.29) is 11.5 Å². The number of halogens is 1. The van der Waals surface area contributed by atoms with Gasteiger partial charge in [-0.2, -0.15) is 9.72 Å². The second-order valence-electron chi connectivity index (χ2n) is 8.57. The number of aryl methyl sites for hydroxylation is 1. The molecular weight excluding hydrogens is 483 g/mol. The smallest absolute Gasteiger partial charge is 0.256 e. The number of piperazine rings is 1. The van der Waals surface area contributed by atoms with Crippen molar-refractivity contribution in [1.82, 2.24) is 34.5 Å². The highest BCUT2D eigenvalue weighted by molar-refractivity contribution is 7.07. The molecule has 5 rings (SSSR count). The van der Waals surface area contributed by atoms with Crippen LogP contribution < -0.4 is 4.80 Å². The number of benzene rings is 1. The Labute approximate surface area is 210 Å². The van der Waals surface area contributed by atoms with Gasteiger partial charge in [0.25, 0.3) is 5.91 Å². The monoisotopic (exact) mass is 508 g/mol. The van der Waals surface area contributed by atoms with Crippen LogP contribution in [0, 0.1) is 12.7 Å². The number of pyridine rings is 1. The maximum atomic E-state index is 14.4. The lowest BCUT2D eigenvalue weighted by Crippen LogP contribution is -2.48. The van der Waals surface area contributed by atoms with Crippen LogP contribution in [0.2, 0.25) is 0 Å². The molecule has 1 fully saturated rings. The van der Waals surface area contributed by atoms with Gasteiger partial charge >= 0.3 is 0 Å². The number of nitrogens with zero attached hydrogens (tertiary/aromatic N) is 8. The number of carbonyl (C=O) groups excluding carboxylic acids is 1. The zero-order chi connectivity index (χ0) is 25.1. The Morgan fingerprint density at radius 1 is 1.17 bits per heavy atom. The molecule has 4 heterocycles. The summed E-state index contributed by atoms with van der Waals surface area (Å²) in [7, 11) is 0. The van der Waals surface area contributed by atoms with Gasteiger partial charge in [-0.15, -0.1) is 16.4 Å². The van der Waals surface area contributed by atoms with Crippen molar-refractivity contribution in [3.05, 3.63) is 87.3 Å². The quantitative estimate of drug-likeness (QED) is 0.401. The molecule has 186 valence electrons. The van der Waals surface area contributed by atoms with Crippen molar-refractivity contribution in [3.63, 3.8) is 0 Å². The van der Waals surface area contributed by atoms with Crippen LogP contribution in [0.15, 0.2) is 59.3 Å². The Bertz CT molecular complexity index is 1420. The van der Waals surface area contributed by atoms with Crippen LogP contribution in [-0.2, 0) is 13.1 Å². The lowest BCUT2D eigenvalue weighted by Gasteiger charge is -2.34. The standard InChI is InChI=1S/C24H25FN8O2S/c1-17-3-2-4-20(22(17)25)23(34)31-9-7-30(8-10-31)16-19-13-18(15-32-6-5-26-29-32)14-21(27-19)28-24-33(35)11-12-36-24/h2-6,11-14,35H,7-10,15-16H2,1H3/b28-24-. The molecule has 0 bridgehead atoms. The Hall–Kier alpha value is -3.90. The van der Waals surface area contributed by atoms with E-state index in [0.717, 1.165) is 16.0 Å². The third kappa shape index (κ3) is 5.34. The summed E-state index contributed by atoms with van der Waals surface area (Å²) in [5, 5.41) is 19.6. The number of thiazole rings is 1. The number of hydrogen-bond donors (Lipinski definition) is 1. The van der Waals surface area contributed by atoms with Crippen LogP contribution >= 0.6 is 11.3 Å². The van der Waals surface area contributed by atoms with Crippen molar-refractivity contribution < 1.29 is 14.4 Å². The van der Waals surface area contributed by atoms with Gasteiger partial charge in [0.2, 0.25) is 4.80 Å². The molecule has 0 radical (unpaired) electrons. The fourth-order valence-electron chi connectivity index (χ4n) is 4.13. The first-order valence-electron chi connectivity index (χ1n) is 11.5. The zero-order valence-electron chi connectivity index (χ0n) is 19.7. The van der Waals surface area contributed by atoms with E-state index in [4.69, 9.17) is 4.98 Å². The van der Waals surface area contributed by atoms with Crippen molar-refractivity contribution in [2.75, 3.05) is 26.2 Å². The topological polar surface area (TPSA) is 105 Å². The van der Waals surface area contributed by atoms with Gasteiger partial charge in [-0.05, 0) is 36.2 Å². The largest absolute Gasteiger partial charge is 0.426 e. The predicted octanol–water partition coefficient (Wildman–Crippen LogP) is 2.46. The van der Waals surface area contributed by atoms with Gasteiger partial charge in [-0.3, -0.25) is 9.69 Å². The van der Waals surface area contributed by atoms with Gasteiger partial charge < -0.3 is 10.1 Å². The molecule has 1 saturated heterocycles. The molecule has 1 aromatic carbocycles. The molecule has 0 unspecified atom stereocenters. The van der Waals surface area contributed by atoms with Crippen LogP contribution in [0.5, 0.6) is 0 Å². The molecule has 3 aromatic heterocycles. The van der Waals surface area contributed by atoms with Crippen LogP contribution in [-0.4, -0.2) is 71.8 Å². The van der Waals surface area contributed by atoms with Crippen molar-refractivity contribution in [1.29, 1.82) is 0 Å². The van der Waals surface area contributed by atoms with E-state index in [1.54, 1.807) is 46.4 Å². The van der Waals surface area contributed by atoms with Gasteiger partial charge in [0.15, 0.2) is 5.82 Å². The van der Waals surface area contributed by atoms with Crippen molar-refractivity contribution in [2.45, 2.75) is 20.0 Å². The second-order valence-corrected chi connectivity index (χ2v) is 9.45. The Kier molecular flexibility index (Phi) is 6.87. The second kappa shape index (κ2) is 10.4. The number of amides is 1. The maximum absolute atomic E-state index is 14.4. The fourth-order valence-corrected chi connectivity index (χ4v) is 4.74. The number of rotatable bonds is 6. The van der Waals surface area contributed by atoms with E-state index < -0.39 is 5.82 Å². The number of aromatic nitrogens is 5. The predicted molar refractivity (Wildman–Crippen MR) is 130 cm³/mol. The van der Waals surface area contributed by atoms with E-state index in [1.165, 1.54) is 23.6 Å². The molecule has 0 saturated carbocycles. The maximum Gasteiger partial charge on any atom is 0.256 e. The van der Waals surface area contributed by atoms with E-state index in [0.29, 0.717) is 55.5 Å². The molecule has 12 heteroatoms. The normalized spacial score (nSPS) is 14.9. The first-order chi connectivity index (χ1) is 17.5. The fraction of sp³-hybridized carbons (Fsp3) is 0.292. The van der Waals surface area contributed by atoms with Gasteiger partial charge in [0.05, 0.1) is 30.2 Å². The summed E-state index contributed by atoms with van der Waals surface area (Å²) in [6, 6.07) is 8.76. The minimum atomic E-state index is -0.454. The SMILES string of the molecule is Cc1cccc(C(=O)N2CCN(Cc3cc(Cn4ccnn4)cc(/N=c4\sccn4O)n3)CC2)c1F. The van der Waals surface area contributed by atoms with Crippen LogP contribution in [0.25, 0.3) is 0 Å². The Balaban J connectivity index is 1.31. The summed E-state index contributed by atoms with van der Waals surface area (Å²) < 4.78 is 17.1. The van der Waals surface area contributed by atoms with Gasteiger partial charge in [-0.1, -0.05) is 17.3 Å². The molecule has 0 aliphatic carbocycles. The molecule has 0 spiro atoms. The average Bonchev–Trinajstić information content (AvgIpc) is 3.52. The van der Waals surface area contributed by atoms with Crippen molar-refractivity contribution >= 4 is 23.1 Å². The van der Waals surface area contributed by atoms with E-state index in [2.05, 4.69) is 20.2 Å². The lowest BCUT2D eigenvalue weighted by molar-refractivity contribution is 0.0622. The highest BCUT2D eigenvalue weighted by atomic mass is 32.1. The first kappa shape index (κ1) is 23.8. The third-order valence-electron chi connectivity index (χ3n) is 5.99. The Morgan fingerprint density at radius 3 is 2.72 bits per heavy atom. The van der Waals surface area contributed by atoms with Crippen molar-refractivity contribution in [2.24, 2.45) is 4.99 Å². The Morgan fingerprint density at radius 2 is 2.00 bits per heavy atom. The van der Waals surface area contributed by atoms with E-state index in [9.17, 15) is 14.4 Å². The summed E-state index contributed by atoms with van der Waals surface area (Å²) in [5.41, 5.74) is 2.35. The molecule has 36 heavy (non-hydrogen) atoms. The van der Waals surface area contributed by atoms with Crippen LogP contribution in [0.4, 0.5) is 10.2 Å². The van der Waals surface area contributed by atoms with E-state index >= 15 is 0 Å². The molecule has 1 N–H and O–H groups in total. The molecular formula is C24H25FN8O2S. The van der Waals surface area contributed by atoms with Crippen molar-refractivity contribution in [3.8, 4) is 0 Å². The summed E-state index contributed by atoms with van der Waals surface area (Å²) in [6.45, 7) is 5.02. The first-order valence-corrected chi connectivity index (χ1v) is 12.3. The highest BCUT2D eigenvalue weighted by Gasteiger charge is 2.25. The molecule has 10 nitrogen and oxygen atoms in total. The minimum absolute atomic E-state index is 0.117. The number of carbonyl (C=O) groups is 1. The molecule has 1 aliphatic rings. The summed E-state index contributed by atoms with van der Waals surface area (Å²) in [4.78, 5) is 26.4. The highest BCUT2D eigenvalue weighted by Crippen LogP contribution is 2.19.